The van der Waals surface area contributed by atoms with Crippen LogP contribution in [0.25, 0.3) is 0 Å². The zero-order valence-corrected chi connectivity index (χ0v) is 9.95. The largest absolute Gasteiger partial charge is 0.269 e. The molecule has 0 atom stereocenters. The molecule has 17 heavy (non-hydrogen) atoms. The van der Waals surface area contributed by atoms with Gasteiger partial charge in [-0.05, 0) is 17.7 Å². The fourth-order valence-electron chi connectivity index (χ4n) is 1.59. The minimum atomic E-state index is 0.859. The van der Waals surface area contributed by atoms with Crippen molar-refractivity contribution in [3.8, 4) is 0 Å². The van der Waals surface area contributed by atoms with E-state index in [1.54, 1.807) is 0 Å². The molecule has 0 saturated heterocycles. The van der Waals surface area contributed by atoms with E-state index in [9.17, 15) is 0 Å². The van der Waals surface area contributed by atoms with Gasteiger partial charge in [0.05, 0.1) is 5.69 Å². The van der Waals surface area contributed by atoms with Crippen LogP contribution in [-0.4, -0.2) is 13.3 Å². The smallest absolute Gasteiger partial charge is 0.0590 e. The third-order valence-electron chi connectivity index (χ3n) is 2.55. The van der Waals surface area contributed by atoms with Crippen LogP contribution in [0.5, 0.6) is 0 Å². The van der Waals surface area contributed by atoms with Gasteiger partial charge in [-0.25, -0.2) is 0 Å². The number of nitrogens with zero attached hydrogens (tertiary/aromatic N) is 2. The number of hydrazone groups is 1. The molecular formula is C15H16N2. The second kappa shape index (κ2) is 5.85. The fourth-order valence-corrected chi connectivity index (χ4v) is 1.59. The van der Waals surface area contributed by atoms with Crippen LogP contribution in [-0.2, 0) is 6.42 Å². The molecule has 86 valence electrons. The third-order valence-corrected chi connectivity index (χ3v) is 2.55. The minimum absolute atomic E-state index is 0.859. The molecule has 0 saturated carbocycles. The Morgan fingerprint density at radius 3 is 2.18 bits per heavy atom. The molecule has 0 spiro atoms. The van der Waals surface area contributed by atoms with E-state index >= 15 is 0 Å². The molecule has 0 N–H and O–H groups in total. The van der Waals surface area contributed by atoms with E-state index < -0.39 is 0 Å². The van der Waals surface area contributed by atoms with E-state index in [2.05, 4.69) is 17.2 Å². The third kappa shape index (κ3) is 3.45. The predicted octanol–water partition coefficient (Wildman–Crippen LogP) is 3.35. The molecule has 0 unspecified atom stereocenters. The average Bonchev–Trinajstić information content (AvgIpc) is 2.41. The Hall–Kier alpha value is -2.09. The summed E-state index contributed by atoms with van der Waals surface area (Å²) in [7, 11) is 1.96. The van der Waals surface area contributed by atoms with Crippen molar-refractivity contribution in [1.82, 2.24) is 0 Å². The molecule has 0 radical (unpaired) electrons. The molecule has 0 heterocycles. The molecule has 2 heteroatoms. The Morgan fingerprint density at radius 2 is 1.53 bits per heavy atom. The van der Waals surface area contributed by atoms with E-state index in [4.69, 9.17) is 0 Å². The van der Waals surface area contributed by atoms with E-state index in [1.165, 1.54) is 5.56 Å². The Morgan fingerprint density at radius 1 is 0.941 bits per heavy atom. The van der Waals surface area contributed by atoms with Crippen molar-refractivity contribution in [3.63, 3.8) is 0 Å². The zero-order chi connectivity index (χ0) is 11.9. The number of para-hydroxylation sites is 1. The molecule has 0 bridgehead atoms. The number of rotatable bonds is 4. The zero-order valence-electron chi connectivity index (χ0n) is 9.95. The van der Waals surface area contributed by atoms with Crippen LogP contribution in [0.1, 0.15) is 5.56 Å². The molecule has 0 amide bonds. The molecule has 0 aliphatic heterocycles. The Kier molecular flexibility index (Phi) is 3.92. The first-order chi connectivity index (χ1) is 8.36. The van der Waals surface area contributed by atoms with Gasteiger partial charge in [-0.15, -0.1) is 0 Å². The number of hydrogen-bond donors (Lipinski definition) is 0. The van der Waals surface area contributed by atoms with Gasteiger partial charge in [0.15, 0.2) is 0 Å². The first-order valence-corrected chi connectivity index (χ1v) is 5.71. The summed E-state index contributed by atoms with van der Waals surface area (Å²) in [4.78, 5) is 0. The quantitative estimate of drug-likeness (QED) is 0.574. The van der Waals surface area contributed by atoms with Gasteiger partial charge in [0.2, 0.25) is 0 Å². The highest BCUT2D eigenvalue weighted by Crippen LogP contribution is 2.10. The summed E-state index contributed by atoms with van der Waals surface area (Å²) in [5, 5.41) is 6.28. The lowest BCUT2D eigenvalue weighted by molar-refractivity contribution is 1.02. The van der Waals surface area contributed by atoms with Gasteiger partial charge in [-0.1, -0.05) is 48.5 Å². The predicted molar refractivity (Wildman–Crippen MR) is 73.5 cm³/mol. The van der Waals surface area contributed by atoms with Crippen LogP contribution in [0.15, 0.2) is 65.8 Å². The first kappa shape index (κ1) is 11.4. The van der Waals surface area contributed by atoms with Gasteiger partial charge >= 0.3 is 0 Å². The van der Waals surface area contributed by atoms with Crippen LogP contribution in [0.3, 0.4) is 0 Å². The highest BCUT2D eigenvalue weighted by molar-refractivity contribution is 5.63. The Labute approximate surface area is 102 Å². The molecule has 0 fully saturated rings. The summed E-state index contributed by atoms with van der Waals surface area (Å²) in [5.41, 5.74) is 2.37. The topological polar surface area (TPSA) is 15.6 Å². The van der Waals surface area contributed by atoms with Crippen molar-refractivity contribution < 1.29 is 0 Å². The minimum Gasteiger partial charge on any atom is -0.269 e. The summed E-state index contributed by atoms with van der Waals surface area (Å²) in [6, 6.07) is 20.4. The van der Waals surface area contributed by atoms with Crippen molar-refractivity contribution in [1.29, 1.82) is 0 Å². The summed E-state index contributed by atoms with van der Waals surface area (Å²) in [6.45, 7) is 0. The second-order valence-corrected chi connectivity index (χ2v) is 3.85. The Bertz CT molecular complexity index is 463. The summed E-state index contributed by atoms with van der Waals surface area (Å²) in [6.07, 6.45) is 2.79. The SMILES string of the molecule is CN(N=CCc1ccccc1)c1ccccc1. The lowest BCUT2D eigenvalue weighted by atomic mass is 10.2. The Balaban J connectivity index is 1.93. The molecule has 0 aromatic heterocycles. The highest BCUT2D eigenvalue weighted by atomic mass is 15.4. The summed E-state index contributed by atoms with van der Waals surface area (Å²) < 4.78 is 0. The van der Waals surface area contributed by atoms with Crippen molar-refractivity contribution in [2.45, 2.75) is 6.42 Å². The maximum Gasteiger partial charge on any atom is 0.0590 e. The van der Waals surface area contributed by atoms with Crippen LogP contribution in [0.2, 0.25) is 0 Å². The van der Waals surface area contributed by atoms with Crippen LogP contribution in [0.4, 0.5) is 5.69 Å². The normalized spacial score (nSPS) is 10.6. The van der Waals surface area contributed by atoms with Gasteiger partial charge in [0.1, 0.15) is 0 Å². The van der Waals surface area contributed by atoms with E-state index in [0.717, 1.165) is 12.1 Å². The lowest BCUT2D eigenvalue weighted by Gasteiger charge is -2.11. The van der Waals surface area contributed by atoms with Gasteiger partial charge in [-0.2, -0.15) is 5.10 Å². The van der Waals surface area contributed by atoms with Crippen molar-refractivity contribution in [2.24, 2.45) is 5.10 Å². The van der Waals surface area contributed by atoms with Gasteiger partial charge in [0, 0.05) is 19.7 Å². The number of benzene rings is 2. The molecule has 2 aromatic rings. The molecule has 2 aromatic carbocycles. The fraction of sp³-hybridized carbons (Fsp3) is 0.133. The summed E-state index contributed by atoms with van der Waals surface area (Å²) in [5.74, 6) is 0. The van der Waals surface area contributed by atoms with E-state index in [1.807, 2.05) is 66.8 Å². The monoisotopic (exact) mass is 224 g/mol. The van der Waals surface area contributed by atoms with E-state index in [-0.39, 0.29) is 0 Å². The average molecular weight is 224 g/mol. The number of hydrogen-bond acceptors (Lipinski definition) is 2. The second-order valence-electron chi connectivity index (χ2n) is 3.85. The van der Waals surface area contributed by atoms with Crippen molar-refractivity contribution >= 4 is 11.9 Å². The molecule has 2 nitrogen and oxygen atoms in total. The number of anilines is 1. The highest BCUT2D eigenvalue weighted by Gasteiger charge is 1.94. The van der Waals surface area contributed by atoms with Crippen LogP contribution < -0.4 is 5.01 Å². The lowest BCUT2D eigenvalue weighted by Crippen LogP contribution is -2.08. The molecule has 2 rings (SSSR count). The van der Waals surface area contributed by atoms with E-state index in [0.29, 0.717) is 0 Å². The standard InChI is InChI=1S/C15H16N2/c1-17(15-10-6-3-7-11-15)16-13-12-14-8-4-2-5-9-14/h2-11,13H,12H2,1H3. The molecule has 0 aliphatic carbocycles. The van der Waals surface area contributed by atoms with Gasteiger partial charge in [-0.3, -0.25) is 5.01 Å². The van der Waals surface area contributed by atoms with Crippen molar-refractivity contribution in [2.75, 3.05) is 12.1 Å². The van der Waals surface area contributed by atoms with Gasteiger partial charge < -0.3 is 0 Å². The first-order valence-electron chi connectivity index (χ1n) is 5.71. The maximum absolute atomic E-state index is 4.40. The van der Waals surface area contributed by atoms with Crippen LogP contribution in [0, 0.1) is 0 Å². The van der Waals surface area contributed by atoms with Crippen molar-refractivity contribution in [3.05, 3.63) is 66.2 Å². The summed E-state index contributed by atoms with van der Waals surface area (Å²) >= 11 is 0. The maximum atomic E-state index is 4.40. The van der Waals surface area contributed by atoms with Crippen LogP contribution >= 0.6 is 0 Å². The molecular weight excluding hydrogens is 208 g/mol. The molecule has 0 aliphatic rings. The van der Waals surface area contributed by atoms with Gasteiger partial charge in [0.25, 0.3) is 0 Å².